The molecule has 124 valence electrons. The molecular formula is C19H25NO3. The fourth-order valence-electron chi connectivity index (χ4n) is 3.18. The standard InChI is InChI=1S/C19H25NO3/c1-15(2)22-14-18(21)20-12-5-9-19(11-13-20)10-8-16-6-3-4-7-17(16)23-19/h3-4,6-8,10,15H,5,9,11-14H2,1-2H3/t19-/m0/s1. The van der Waals surface area contributed by atoms with E-state index in [2.05, 4.69) is 18.2 Å². The molecule has 0 aliphatic carbocycles. The molecule has 1 atom stereocenters. The summed E-state index contributed by atoms with van der Waals surface area (Å²) in [6.07, 6.45) is 7.11. The number of fused-ring (bicyclic) bond motifs is 1. The van der Waals surface area contributed by atoms with Crippen molar-refractivity contribution in [2.75, 3.05) is 19.7 Å². The average Bonchev–Trinajstić information content (AvgIpc) is 2.75. The molecule has 1 aromatic rings. The van der Waals surface area contributed by atoms with E-state index in [1.54, 1.807) is 0 Å². The number of hydrogen-bond acceptors (Lipinski definition) is 3. The van der Waals surface area contributed by atoms with Crippen LogP contribution in [-0.2, 0) is 9.53 Å². The van der Waals surface area contributed by atoms with Crippen molar-refractivity contribution in [3.05, 3.63) is 35.9 Å². The van der Waals surface area contributed by atoms with Crippen LogP contribution in [0.2, 0.25) is 0 Å². The molecular weight excluding hydrogens is 290 g/mol. The predicted octanol–water partition coefficient (Wildman–Crippen LogP) is 3.27. The van der Waals surface area contributed by atoms with Crippen LogP contribution in [0.25, 0.3) is 6.08 Å². The first-order valence-corrected chi connectivity index (χ1v) is 8.45. The van der Waals surface area contributed by atoms with E-state index >= 15 is 0 Å². The van der Waals surface area contributed by atoms with Gasteiger partial charge < -0.3 is 14.4 Å². The summed E-state index contributed by atoms with van der Waals surface area (Å²) < 4.78 is 11.8. The molecule has 0 bridgehead atoms. The second kappa shape index (κ2) is 6.75. The van der Waals surface area contributed by atoms with E-state index in [0.717, 1.165) is 37.1 Å². The lowest BCUT2D eigenvalue weighted by molar-refractivity contribution is -0.137. The summed E-state index contributed by atoms with van der Waals surface area (Å²) in [7, 11) is 0. The lowest BCUT2D eigenvalue weighted by Gasteiger charge is -2.34. The van der Waals surface area contributed by atoms with Crippen molar-refractivity contribution in [1.82, 2.24) is 4.90 Å². The molecule has 0 N–H and O–H groups in total. The molecule has 0 saturated carbocycles. The minimum absolute atomic E-state index is 0.0796. The molecule has 2 aliphatic rings. The number of hydrogen-bond donors (Lipinski definition) is 0. The summed E-state index contributed by atoms with van der Waals surface area (Å²) in [4.78, 5) is 14.2. The van der Waals surface area contributed by atoms with Crippen LogP contribution in [0.3, 0.4) is 0 Å². The second-order valence-electron chi connectivity index (χ2n) is 6.63. The first-order chi connectivity index (χ1) is 11.1. The van der Waals surface area contributed by atoms with Crippen molar-refractivity contribution >= 4 is 12.0 Å². The Morgan fingerprint density at radius 1 is 1.30 bits per heavy atom. The quantitative estimate of drug-likeness (QED) is 0.859. The average molecular weight is 315 g/mol. The molecule has 3 rings (SSSR count). The first kappa shape index (κ1) is 16.1. The number of likely N-dealkylation sites (tertiary alicyclic amines) is 1. The maximum Gasteiger partial charge on any atom is 0.248 e. The Morgan fingerprint density at radius 3 is 2.96 bits per heavy atom. The minimum atomic E-state index is -0.276. The lowest BCUT2D eigenvalue weighted by atomic mass is 9.91. The zero-order chi connectivity index (χ0) is 16.3. The molecule has 23 heavy (non-hydrogen) atoms. The highest BCUT2D eigenvalue weighted by molar-refractivity contribution is 5.77. The van der Waals surface area contributed by atoms with E-state index in [0.29, 0.717) is 6.54 Å². The van der Waals surface area contributed by atoms with Gasteiger partial charge in [-0.05, 0) is 38.8 Å². The van der Waals surface area contributed by atoms with E-state index in [4.69, 9.17) is 9.47 Å². The fraction of sp³-hybridized carbons (Fsp3) is 0.526. The van der Waals surface area contributed by atoms with Crippen LogP contribution in [0.5, 0.6) is 5.75 Å². The zero-order valence-corrected chi connectivity index (χ0v) is 14.0. The summed E-state index contributed by atoms with van der Waals surface area (Å²) in [5.74, 6) is 1.02. The normalized spacial score (nSPS) is 23.5. The smallest absolute Gasteiger partial charge is 0.248 e. The lowest BCUT2D eigenvalue weighted by Crippen LogP contribution is -2.39. The number of para-hydroxylation sites is 1. The van der Waals surface area contributed by atoms with Crippen LogP contribution in [0.4, 0.5) is 0 Å². The monoisotopic (exact) mass is 315 g/mol. The third kappa shape index (κ3) is 3.75. The van der Waals surface area contributed by atoms with Crippen molar-refractivity contribution in [1.29, 1.82) is 0 Å². The van der Waals surface area contributed by atoms with Gasteiger partial charge in [0.05, 0.1) is 6.10 Å². The van der Waals surface area contributed by atoms with Crippen molar-refractivity contribution < 1.29 is 14.3 Å². The molecule has 1 fully saturated rings. The zero-order valence-electron chi connectivity index (χ0n) is 14.0. The van der Waals surface area contributed by atoms with Gasteiger partial charge in [-0.2, -0.15) is 0 Å². The van der Waals surface area contributed by atoms with E-state index in [1.165, 1.54) is 0 Å². The Bertz CT molecular complexity index is 596. The number of nitrogens with zero attached hydrogens (tertiary/aromatic N) is 1. The highest BCUT2D eigenvalue weighted by atomic mass is 16.5. The highest BCUT2D eigenvalue weighted by Gasteiger charge is 2.35. The van der Waals surface area contributed by atoms with Crippen molar-refractivity contribution in [2.45, 2.75) is 44.8 Å². The molecule has 2 heterocycles. The van der Waals surface area contributed by atoms with E-state index in [1.807, 2.05) is 36.9 Å². The van der Waals surface area contributed by atoms with Gasteiger partial charge in [0.1, 0.15) is 18.0 Å². The Balaban J connectivity index is 1.64. The fourth-order valence-corrected chi connectivity index (χ4v) is 3.18. The van der Waals surface area contributed by atoms with Gasteiger partial charge in [-0.1, -0.05) is 24.3 Å². The van der Waals surface area contributed by atoms with Gasteiger partial charge in [-0.3, -0.25) is 4.79 Å². The Labute approximate surface area is 138 Å². The minimum Gasteiger partial charge on any atom is -0.483 e. The largest absolute Gasteiger partial charge is 0.483 e. The van der Waals surface area contributed by atoms with Gasteiger partial charge in [0.25, 0.3) is 0 Å². The summed E-state index contributed by atoms with van der Waals surface area (Å²) >= 11 is 0. The molecule has 0 aromatic heterocycles. The van der Waals surface area contributed by atoms with E-state index in [9.17, 15) is 4.79 Å². The first-order valence-electron chi connectivity index (χ1n) is 8.45. The van der Waals surface area contributed by atoms with Crippen LogP contribution in [0, 0.1) is 0 Å². The summed E-state index contributed by atoms with van der Waals surface area (Å²) in [6.45, 7) is 5.56. The molecule has 1 spiro atoms. The number of benzene rings is 1. The predicted molar refractivity (Wildman–Crippen MR) is 90.4 cm³/mol. The number of rotatable bonds is 3. The third-order valence-corrected chi connectivity index (χ3v) is 4.52. The molecule has 1 aromatic carbocycles. The summed E-state index contributed by atoms with van der Waals surface area (Å²) in [5.41, 5.74) is 0.850. The SMILES string of the molecule is CC(C)OCC(=O)N1CCC[C@]2(C=Cc3ccccc3O2)CC1. The van der Waals surface area contributed by atoms with E-state index < -0.39 is 0 Å². The van der Waals surface area contributed by atoms with Gasteiger partial charge in [-0.25, -0.2) is 0 Å². The van der Waals surface area contributed by atoms with Crippen molar-refractivity contribution in [3.63, 3.8) is 0 Å². The molecule has 4 nitrogen and oxygen atoms in total. The molecule has 0 radical (unpaired) electrons. The van der Waals surface area contributed by atoms with Crippen molar-refractivity contribution in [2.24, 2.45) is 0 Å². The van der Waals surface area contributed by atoms with Crippen LogP contribution >= 0.6 is 0 Å². The van der Waals surface area contributed by atoms with Gasteiger partial charge in [0, 0.05) is 25.1 Å². The molecule has 2 aliphatic heterocycles. The maximum absolute atomic E-state index is 12.3. The van der Waals surface area contributed by atoms with Gasteiger partial charge in [-0.15, -0.1) is 0 Å². The van der Waals surface area contributed by atoms with Crippen LogP contribution < -0.4 is 4.74 Å². The van der Waals surface area contributed by atoms with Crippen LogP contribution in [0.1, 0.15) is 38.7 Å². The maximum atomic E-state index is 12.3. The third-order valence-electron chi connectivity index (χ3n) is 4.52. The Hall–Kier alpha value is -1.81. The Kier molecular flexibility index (Phi) is 4.71. The van der Waals surface area contributed by atoms with Crippen LogP contribution in [-0.4, -0.2) is 42.2 Å². The highest BCUT2D eigenvalue weighted by Crippen LogP contribution is 2.36. The second-order valence-corrected chi connectivity index (χ2v) is 6.63. The van der Waals surface area contributed by atoms with Crippen molar-refractivity contribution in [3.8, 4) is 5.75 Å². The number of carbonyl (C=O) groups is 1. The van der Waals surface area contributed by atoms with Crippen LogP contribution in [0.15, 0.2) is 30.3 Å². The van der Waals surface area contributed by atoms with Gasteiger partial charge in [0.15, 0.2) is 0 Å². The molecule has 1 saturated heterocycles. The summed E-state index contributed by atoms with van der Waals surface area (Å²) in [5, 5.41) is 0. The van der Waals surface area contributed by atoms with E-state index in [-0.39, 0.29) is 24.2 Å². The number of carbonyl (C=O) groups excluding carboxylic acids is 1. The van der Waals surface area contributed by atoms with Gasteiger partial charge >= 0.3 is 0 Å². The topological polar surface area (TPSA) is 38.8 Å². The Morgan fingerprint density at radius 2 is 2.13 bits per heavy atom. The molecule has 4 heteroatoms. The number of ether oxygens (including phenoxy) is 2. The molecule has 1 amide bonds. The van der Waals surface area contributed by atoms with Gasteiger partial charge in [0.2, 0.25) is 5.91 Å². The molecule has 0 unspecified atom stereocenters. The number of amides is 1. The summed E-state index contributed by atoms with van der Waals surface area (Å²) in [6, 6.07) is 8.10.